The number of amides is 1. The molecule has 4 heteroatoms. The van der Waals surface area contributed by atoms with Crippen molar-refractivity contribution in [2.75, 3.05) is 31.1 Å². The largest absolute Gasteiger partial charge is 0.338 e. The summed E-state index contributed by atoms with van der Waals surface area (Å²) >= 11 is 1.97. The summed E-state index contributed by atoms with van der Waals surface area (Å²) in [5, 5.41) is 3.44. The van der Waals surface area contributed by atoms with Gasteiger partial charge < -0.3 is 10.2 Å². The molecule has 2 unspecified atom stereocenters. The Morgan fingerprint density at radius 1 is 1.56 bits per heavy atom. The van der Waals surface area contributed by atoms with Gasteiger partial charge in [0.25, 0.3) is 0 Å². The van der Waals surface area contributed by atoms with Crippen LogP contribution in [0.4, 0.5) is 0 Å². The van der Waals surface area contributed by atoms with Crippen molar-refractivity contribution in [3.63, 3.8) is 0 Å². The van der Waals surface area contributed by atoms with E-state index in [1.165, 1.54) is 0 Å². The van der Waals surface area contributed by atoms with E-state index in [4.69, 9.17) is 0 Å². The lowest BCUT2D eigenvalue weighted by atomic mass is 9.75. The molecule has 0 spiro atoms. The number of nitrogens with zero attached hydrogens (tertiary/aromatic N) is 1. The highest BCUT2D eigenvalue weighted by atomic mass is 32.2. The first-order valence-corrected chi connectivity index (χ1v) is 8.44. The van der Waals surface area contributed by atoms with Gasteiger partial charge in [0.05, 0.1) is 5.41 Å². The maximum Gasteiger partial charge on any atom is 0.230 e. The monoisotopic (exact) mass is 270 g/mol. The Hall–Kier alpha value is -0.220. The first kappa shape index (κ1) is 14.2. The number of carbonyl (C=O) groups is 1. The molecular weight excluding hydrogens is 244 g/mol. The van der Waals surface area contributed by atoms with Crippen LogP contribution in [0.25, 0.3) is 0 Å². The second-order valence-electron chi connectivity index (χ2n) is 5.73. The van der Waals surface area contributed by atoms with E-state index in [0.717, 1.165) is 56.8 Å². The molecule has 2 fully saturated rings. The van der Waals surface area contributed by atoms with Gasteiger partial charge in [0, 0.05) is 30.6 Å². The minimum absolute atomic E-state index is 0.108. The van der Waals surface area contributed by atoms with Gasteiger partial charge in [0.15, 0.2) is 0 Å². The van der Waals surface area contributed by atoms with E-state index in [1.54, 1.807) is 0 Å². The van der Waals surface area contributed by atoms with Crippen molar-refractivity contribution < 1.29 is 4.79 Å². The number of piperidine rings is 1. The van der Waals surface area contributed by atoms with E-state index in [2.05, 4.69) is 24.1 Å². The van der Waals surface area contributed by atoms with Crippen LogP contribution in [0.2, 0.25) is 0 Å². The quantitative estimate of drug-likeness (QED) is 0.852. The number of carbonyl (C=O) groups excluding carboxylic acids is 1. The molecular formula is C14H26N2OS. The van der Waals surface area contributed by atoms with Crippen LogP contribution in [0, 0.1) is 5.41 Å². The van der Waals surface area contributed by atoms with Crippen LogP contribution in [0.5, 0.6) is 0 Å². The summed E-state index contributed by atoms with van der Waals surface area (Å²) in [5.41, 5.74) is -0.108. The number of rotatable bonds is 3. The smallest absolute Gasteiger partial charge is 0.230 e. The Labute approximate surface area is 115 Å². The zero-order valence-corrected chi connectivity index (χ0v) is 12.5. The Bertz CT molecular complexity index is 284. The van der Waals surface area contributed by atoms with Crippen molar-refractivity contribution >= 4 is 17.7 Å². The number of hydrogen-bond donors (Lipinski definition) is 1. The number of hydrogen-bond acceptors (Lipinski definition) is 3. The molecule has 2 aliphatic heterocycles. The van der Waals surface area contributed by atoms with Crippen LogP contribution >= 0.6 is 11.8 Å². The normalized spacial score (nSPS) is 33.4. The molecule has 2 aliphatic rings. The summed E-state index contributed by atoms with van der Waals surface area (Å²) in [6.07, 6.45) is 4.35. The van der Waals surface area contributed by atoms with Crippen LogP contribution < -0.4 is 5.32 Å². The Balaban J connectivity index is 2.11. The summed E-state index contributed by atoms with van der Waals surface area (Å²) in [4.78, 5) is 15.1. The molecule has 0 radical (unpaired) electrons. The van der Waals surface area contributed by atoms with Gasteiger partial charge in [0.1, 0.15) is 0 Å². The van der Waals surface area contributed by atoms with Crippen molar-refractivity contribution in [3.8, 4) is 0 Å². The SMILES string of the molecule is CCCC1(C(=O)N2CCSCC2C)CCCNC1. The summed E-state index contributed by atoms with van der Waals surface area (Å²) < 4.78 is 0. The van der Waals surface area contributed by atoms with E-state index in [-0.39, 0.29) is 5.41 Å². The molecule has 104 valence electrons. The average Bonchev–Trinajstić information content (AvgIpc) is 2.40. The van der Waals surface area contributed by atoms with Crippen LogP contribution in [0.1, 0.15) is 39.5 Å². The predicted molar refractivity (Wildman–Crippen MR) is 77.9 cm³/mol. The van der Waals surface area contributed by atoms with Crippen LogP contribution in [-0.4, -0.2) is 48.0 Å². The molecule has 0 aromatic rings. The van der Waals surface area contributed by atoms with Crippen LogP contribution in [-0.2, 0) is 4.79 Å². The maximum atomic E-state index is 13.0. The van der Waals surface area contributed by atoms with Crippen molar-refractivity contribution in [3.05, 3.63) is 0 Å². The third-order valence-corrected chi connectivity index (χ3v) is 5.47. The molecule has 2 saturated heterocycles. The second kappa shape index (κ2) is 6.29. The van der Waals surface area contributed by atoms with Crippen molar-refractivity contribution in [1.29, 1.82) is 0 Å². The van der Waals surface area contributed by atoms with Gasteiger partial charge in [-0.1, -0.05) is 13.3 Å². The highest BCUT2D eigenvalue weighted by molar-refractivity contribution is 7.99. The van der Waals surface area contributed by atoms with E-state index in [9.17, 15) is 4.79 Å². The summed E-state index contributed by atoms with van der Waals surface area (Å²) in [6.45, 7) is 7.29. The van der Waals surface area contributed by atoms with Crippen LogP contribution in [0.15, 0.2) is 0 Å². The van der Waals surface area contributed by atoms with Gasteiger partial charge in [-0.25, -0.2) is 0 Å². The van der Waals surface area contributed by atoms with E-state index >= 15 is 0 Å². The van der Waals surface area contributed by atoms with Crippen molar-refractivity contribution in [2.24, 2.45) is 5.41 Å². The van der Waals surface area contributed by atoms with Gasteiger partial charge in [-0.3, -0.25) is 4.79 Å². The highest BCUT2D eigenvalue weighted by Gasteiger charge is 2.42. The van der Waals surface area contributed by atoms with Gasteiger partial charge in [-0.05, 0) is 32.7 Å². The first-order valence-electron chi connectivity index (χ1n) is 7.29. The minimum atomic E-state index is -0.108. The number of nitrogens with one attached hydrogen (secondary N) is 1. The second-order valence-corrected chi connectivity index (χ2v) is 6.88. The fraction of sp³-hybridized carbons (Fsp3) is 0.929. The van der Waals surface area contributed by atoms with Gasteiger partial charge in [0.2, 0.25) is 5.91 Å². The molecule has 1 amide bonds. The molecule has 18 heavy (non-hydrogen) atoms. The van der Waals surface area contributed by atoms with Crippen LogP contribution in [0.3, 0.4) is 0 Å². The molecule has 3 nitrogen and oxygen atoms in total. The summed E-state index contributed by atoms with van der Waals surface area (Å²) in [6, 6.07) is 0.409. The molecule has 0 aliphatic carbocycles. The molecule has 2 rings (SSSR count). The zero-order valence-electron chi connectivity index (χ0n) is 11.7. The highest BCUT2D eigenvalue weighted by Crippen LogP contribution is 2.35. The maximum absolute atomic E-state index is 13.0. The van der Waals surface area contributed by atoms with Gasteiger partial charge >= 0.3 is 0 Å². The zero-order chi connectivity index (χ0) is 13.0. The van der Waals surface area contributed by atoms with Crippen molar-refractivity contribution in [2.45, 2.75) is 45.6 Å². The molecule has 0 bridgehead atoms. The third kappa shape index (κ3) is 2.85. The minimum Gasteiger partial charge on any atom is -0.338 e. The predicted octanol–water partition coefficient (Wildman–Crippen LogP) is 2.12. The molecule has 2 atom stereocenters. The Morgan fingerprint density at radius 2 is 2.39 bits per heavy atom. The molecule has 0 aromatic carbocycles. The van der Waals surface area contributed by atoms with Gasteiger partial charge in [-0.2, -0.15) is 11.8 Å². The van der Waals surface area contributed by atoms with Gasteiger partial charge in [-0.15, -0.1) is 0 Å². The summed E-state index contributed by atoms with van der Waals surface area (Å²) in [7, 11) is 0. The molecule has 2 heterocycles. The fourth-order valence-corrected chi connectivity index (χ4v) is 4.30. The molecule has 1 N–H and O–H groups in total. The van der Waals surface area contributed by atoms with Crippen molar-refractivity contribution in [1.82, 2.24) is 10.2 Å². The number of thioether (sulfide) groups is 1. The lowest BCUT2D eigenvalue weighted by molar-refractivity contribution is -0.145. The summed E-state index contributed by atoms with van der Waals surface area (Å²) in [5.74, 6) is 2.62. The fourth-order valence-electron chi connectivity index (χ4n) is 3.28. The first-order chi connectivity index (χ1) is 8.69. The molecule has 0 saturated carbocycles. The van der Waals surface area contributed by atoms with E-state index in [0.29, 0.717) is 11.9 Å². The lowest BCUT2D eigenvalue weighted by Crippen LogP contribution is -2.56. The topological polar surface area (TPSA) is 32.3 Å². The average molecular weight is 270 g/mol. The van der Waals surface area contributed by atoms with E-state index in [1.807, 2.05) is 11.8 Å². The Kier molecular flexibility index (Phi) is 4.96. The lowest BCUT2D eigenvalue weighted by Gasteiger charge is -2.43. The molecule has 0 aromatic heterocycles. The standard InChI is InChI=1S/C14H26N2OS/c1-3-5-14(6-4-7-15-11-14)13(17)16-8-9-18-10-12(16)2/h12,15H,3-11H2,1-2H3. The van der Waals surface area contributed by atoms with E-state index < -0.39 is 0 Å². The third-order valence-electron chi connectivity index (χ3n) is 4.28. The Morgan fingerprint density at radius 3 is 3.00 bits per heavy atom.